The molecule has 1 fully saturated rings. The number of imidazole rings is 1. The van der Waals surface area contributed by atoms with Crippen molar-refractivity contribution in [2.45, 2.75) is 52.0 Å². The van der Waals surface area contributed by atoms with Crippen molar-refractivity contribution >= 4 is 22.8 Å². The third-order valence-corrected chi connectivity index (χ3v) is 4.94. The van der Waals surface area contributed by atoms with Gasteiger partial charge >= 0.3 is 0 Å². The molecule has 2 amide bonds. The monoisotopic (exact) mass is 356 g/mol. The molecule has 1 aliphatic heterocycles. The van der Waals surface area contributed by atoms with Crippen molar-refractivity contribution in [2.24, 2.45) is 0 Å². The molecular formula is C20H28N4O2. The number of carbonyl (C=O) groups excluding carboxylic acids is 2. The van der Waals surface area contributed by atoms with E-state index >= 15 is 0 Å². The number of nitrogens with one attached hydrogen (secondary N) is 1. The van der Waals surface area contributed by atoms with Gasteiger partial charge in [-0.15, -0.1) is 0 Å². The molecule has 0 unspecified atom stereocenters. The van der Waals surface area contributed by atoms with Gasteiger partial charge in [-0.1, -0.05) is 18.6 Å². The van der Waals surface area contributed by atoms with Gasteiger partial charge in [0, 0.05) is 33.0 Å². The predicted octanol–water partition coefficient (Wildman–Crippen LogP) is 2.51. The number of fused-ring (bicyclic) bond motifs is 1. The van der Waals surface area contributed by atoms with Crippen LogP contribution in [0.5, 0.6) is 0 Å². The maximum atomic E-state index is 12.6. The molecule has 6 heteroatoms. The molecule has 2 aromatic rings. The highest BCUT2D eigenvalue weighted by molar-refractivity contribution is 5.81. The summed E-state index contributed by atoms with van der Waals surface area (Å²) in [5.74, 6) is 1.20. The lowest BCUT2D eigenvalue weighted by Crippen LogP contribution is -2.31. The third-order valence-electron chi connectivity index (χ3n) is 4.94. The Morgan fingerprint density at radius 1 is 1.12 bits per heavy atom. The number of aromatic nitrogens is 2. The number of unbranched alkanes of at least 4 members (excludes halogenated alkanes) is 2. The van der Waals surface area contributed by atoms with Crippen LogP contribution in [0.4, 0.5) is 0 Å². The first-order valence-electron chi connectivity index (χ1n) is 9.61. The van der Waals surface area contributed by atoms with E-state index in [4.69, 9.17) is 4.98 Å². The van der Waals surface area contributed by atoms with Crippen molar-refractivity contribution < 1.29 is 9.59 Å². The lowest BCUT2D eigenvalue weighted by Gasteiger charge is -2.17. The maximum absolute atomic E-state index is 12.6. The van der Waals surface area contributed by atoms with Gasteiger partial charge in [0.25, 0.3) is 0 Å². The van der Waals surface area contributed by atoms with Gasteiger partial charge in [-0.05, 0) is 37.8 Å². The number of amides is 2. The fourth-order valence-electron chi connectivity index (χ4n) is 3.54. The Kier molecular flexibility index (Phi) is 6.26. The maximum Gasteiger partial charge on any atom is 0.242 e. The van der Waals surface area contributed by atoms with Gasteiger partial charge < -0.3 is 14.8 Å². The third kappa shape index (κ3) is 4.62. The van der Waals surface area contributed by atoms with Gasteiger partial charge in [0.15, 0.2) is 0 Å². The van der Waals surface area contributed by atoms with E-state index in [1.165, 1.54) is 0 Å². The summed E-state index contributed by atoms with van der Waals surface area (Å²) in [5, 5.41) is 2.82. The number of likely N-dealkylation sites (tertiary alicyclic amines) is 1. The lowest BCUT2D eigenvalue weighted by atomic mass is 10.2. The quantitative estimate of drug-likeness (QED) is 0.739. The predicted molar refractivity (Wildman–Crippen MR) is 102 cm³/mol. The minimum atomic E-state index is 0.0206. The van der Waals surface area contributed by atoms with Gasteiger partial charge in [-0.3, -0.25) is 9.59 Å². The molecule has 1 aliphatic rings. The van der Waals surface area contributed by atoms with Crippen LogP contribution in [-0.4, -0.2) is 45.9 Å². The van der Waals surface area contributed by atoms with Crippen LogP contribution >= 0.6 is 0 Å². The second-order valence-electron chi connectivity index (χ2n) is 6.98. The van der Waals surface area contributed by atoms with Crippen LogP contribution in [0.1, 0.15) is 44.9 Å². The second kappa shape index (κ2) is 8.83. The fourth-order valence-corrected chi connectivity index (χ4v) is 3.54. The molecule has 1 aromatic heterocycles. The Labute approximate surface area is 154 Å². The minimum absolute atomic E-state index is 0.0206. The normalized spacial score (nSPS) is 14.1. The average molecular weight is 356 g/mol. The standard InChI is InChI=1S/C20H28N4O2/c1-16(25)21-12-6-2-3-11-19-22-17-9-4-5-10-18(17)24(19)15-20(26)23-13-7-8-14-23/h4-5,9-10H,2-3,6-8,11-15H2,1H3,(H,21,25). The van der Waals surface area contributed by atoms with Gasteiger partial charge in [-0.25, -0.2) is 4.98 Å². The van der Waals surface area contributed by atoms with E-state index < -0.39 is 0 Å². The largest absolute Gasteiger partial charge is 0.356 e. The van der Waals surface area contributed by atoms with E-state index in [0.29, 0.717) is 6.54 Å². The van der Waals surface area contributed by atoms with Gasteiger partial charge in [-0.2, -0.15) is 0 Å². The Balaban J connectivity index is 1.64. The summed E-state index contributed by atoms with van der Waals surface area (Å²) in [6, 6.07) is 8.03. The molecule has 140 valence electrons. The van der Waals surface area contributed by atoms with E-state index in [9.17, 15) is 9.59 Å². The lowest BCUT2D eigenvalue weighted by molar-refractivity contribution is -0.130. The van der Waals surface area contributed by atoms with Gasteiger partial charge in [0.1, 0.15) is 12.4 Å². The smallest absolute Gasteiger partial charge is 0.242 e. The average Bonchev–Trinajstić information content (AvgIpc) is 3.26. The zero-order valence-electron chi connectivity index (χ0n) is 15.5. The van der Waals surface area contributed by atoms with Crippen molar-refractivity contribution in [3.8, 4) is 0 Å². The molecule has 1 N–H and O–H groups in total. The number of hydrogen-bond donors (Lipinski definition) is 1. The van der Waals surface area contributed by atoms with E-state index in [-0.39, 0.29) is 11.8 Å². The molecule has 0 radical (unpaired) electrons. The molecule has 0 spiro atoms. The molecule has 6 nitrogen and oxygen atoms in total. The summed E-state index contributed by atoms with van der Waals surface area (Å²) < 4.78 is 2.09. The minimum Gasteiger partial charge on any atom is -0.356 e. The first-order valence-corrected chi connectivity index (χ1v) is 9.61. The Bertz CT molecular complexity index is 762. The van der Waals surface area contributed by atoms with Crippen molar-refractivity contribution in [1.82, 2.24) is 19.8 Å². The zero-order chi connectivity index (χ0) is 18.4. The summed E-state index contributed by atoms with van der Waals surface area (Å²) in [6.45, 7) is 4.40. The molecule has 1 saturated heterocycles. The topological polar surface area (TPSA) is 67.2 Å². The number of rotatable bonds is 8. The number of hydrogen-bond acceptors (Lipinski definition) is 3. The molecule has 2 heterocycles. The molecule has 0 atom stereocenters. The van der Waals surface area contributed by atoms with Gasteiger partial charge in [0.05, 0.1) is 11.0 Å². The van der Waals surface area contributed by atoms with Crippen molar-refractivity contribution in [2.75, 3.05) is 19.6 Å². The van der Waals surface area contributed by atoms with E-state index in [2.05, 4.69) is 9.88 Å². The summed E-state index contributed by atoms with van der Waals surface area (Å²) in [6.07, 6.45) is 6.06. The number of carbonyl (C=O) groups is 2. The summed E-state index contributed by atoms with van der Waals surface area (Å²) in [5.41, 5.74) is 1.99. The fraction of sp³-hybridized carbons (Fsp3) is 0.550. The number of benzene rings is 1. The van der Waals surface area contributed by atoms with Gasteiger partial charge in [0.2, 0.25) is 11.8 Å². The van der Waals surface area contributed by atoms with E-state index in [1.807, 2.05) is 29.2 Å². The molecule has 0 aliphatic carbocycles. The number of para-hydroxylation sites is 2. The Morgan fingerprint density at radius 2 is 1.88 bits per heavy atom. The number of nitrogens with zero attached hydrogens (tertiary/aromatic N) is 3. The Morgan fingerprint density at radius 3 is 2.65 bits per heavy atom. The van der Waals surface area contributed by atoms with Crippen molar-refractivity contribution in [3.05, 3.63) is 30.1 Å². The van der Waals surface area contributed by atoms with E-state index in [1.54, 1.807) is 6.92 Å². The van der Waals surface area contributed by atoms with E-state index in [0.717, 1.165) is 75.0 Å². The molecular weight excluding hydrogens is 328 g/mol. The first-order chi connectivity index (χ1) is 12.6. The molecule has 3 rings (SSSR count). The molecule has 0 saturated carbocycles. The van der Waals surface area contributed by atoms with Crippen LogP contribution in [0, 0.1) is 0 Å². The van der Waals surface area contributed by atoms with Crippen LogP contribution in [0.15, 0.2) is 24.3 Å². The molecule has 26 heavy (non-hydrogen) atoms. The van der Waals surface area contributed by atoms with Crippen molar-refractivity contribution in [1.29, 1.82) is 0 Å². The molecule has 0 bridgehead atoms. The van der Waals surface area contributed by atoms with Crippen LogP contribution < -0.4 is 5.32 Å². The van der Waals surface area contributed by atoms with Crippen LogP contribution in [0.3, 0.4) is 0 Å². The summed E-state index contributed by atoms with van der Waals surface area (Å²) in [7, 11) is 0. The Hall–Kier alpha value is -2.37. The van der Waals surface area contributed by atoms with Crippen LogP contribution in [-0.2, 0) is 22.6 Å². The SMILES string of the molecule is CC(=O)NCCCCCc1nc2ccccc2n1CC(=O)N1CCCC1. The summed E-state index contributed by atoms with van der Waals surface area (Å²) >= 11 is 0. The van der Waals surface area contributed by atoms with Crippen LogP contribution in [0.25, 0.3) is 11.0 Å². The highest BCUT2D eigenvalue weighted by Crippen LogP contribution is 2.19. The zero-order valence-corrected chi connectivity index (χ0v) is 15.5. The molecule has 1 aromatic carbocycles. The first kappa shape index (κ1) is 18.4. The highest BCUT2D eigenvalue weighted by atomic mass is 16.2. The van der Waals surface area contributed by atoms with Crippen LogP contribution in [0.2, 0.25) is 0 Å². The summed E-state index contributed by atoms with van der Waals surface area (Å²) in [4.78, 5) is 30.2. The van der Waals surface area contributed by atoms with Crippen molar-refractivity contribution in [3.63, 3.8) is 0 Å². The number of aryl methyl sites for hydroxylation is 1. The second-order valence-corrected chi connectivity index (χ2v) is 6.98. The highest BCUT2D eigenvalue weighted by Gasteiger charge is 2.20.